The molecule has 2 aliphatic rings. The fraction of sp³-hybridized carbons (Fsp3) is 0.444. The standard InChI is InChI=1S/C27H34N2O6/c1-3-13-33-27(32)28-22-6-4-5-21(14-22)26-34-24(16-29-12-11-23(31)15-29)18(2)25(35-26)20-9-7-19(17-30)8-10-20/h3-10,14,18,23-26,30-31H,1,11-13,15-17H2,2H3,(H,28,32). The van der Waals surface area contributed by atoms with Gasteiger partial charge in [-0.3, -0.25) is 10.2 Å². The van der Waals surface area contributed by atoms with Crippen LogP contribution in [0.4, 0.5) is 10.5 Å². The Bertz CT molecular complexity index is 997. The van der Waals surface area contributed by atoms with E-state index in [-0.39, 0.29) is 37.4 Å². The quantitative estimate of drug-likeness (QED) is 0.493. The number of carbonyl (C=O) groups is 1. The van der Waals surface area contributed by atoms with Crippen molar-refractivity contribution < 1.29 is 29.2 Å². The summed E-state index contributed by atoms with van der Waals surface area (Å²) in [5.41, 5.74) is 3.21. The minimum Gasteiger partial charge on any atom is -0.445 e. The van der Waals surface area contributed by atoms with Crippen molar-refractivity contribution >= 4 is 11.8 Å². The predicted octanol–water partition coefficient (Wildman–Crippen LogP) is 3.77. The number of β-amino-alcohol motifs (C(OH)–C–C–N with tert-alkyl or cyclic N) is 1. The van der Waals surface area contributed by atoms with Gasteiger partial charge in [0.15, 0.2) is 6.29 Å². The second-order valence-electron chi connectivity index (χ2n) is 9.16. The normalized spacial score (nSPS) is 26.9. The molecule has 2 saturated heterocycles. The van der Waals surface area contributed by atoms with Crippen molar-refractivity contribution in [3.63, 3.8) is 0 Å². The van der Waals surface area contributed by atoms with Crippen LogP contribution < -0.4 is 5.32 Å². The van der Waals surface area contributed by atoms with Crippen molar-refractivity contribution in [3.05, 3.63) is 77.9 Å². The fourth-order valence-corrected chi connectivity index (χ4v) is 4.61. The largest absolute Gasteiger partial charge is 0.445 e. The summed E-state index contributed by atoms with van der Waals surface area (Å²) in [6.45, 7) is 7.94. The van der Waals surface area contributed by atoms with Crippen molar-refractivity contribution in [2.45, 2.75) is 44.6 Å². The number of rotatable bonds is 8. The number of hydrogen-bond donors (Lipinski definition) is 3. The molecule has 2 fully saturated rings. The zero-order valence-corrected chi connectivity index (χ0v) is 20.0. The summed E-state index contributed by atoms with van der Waals surface area (Å²) in [7, 11) is 0. The molecule has 0 spiro atoms. The number of anilines is 1. The number of carbonyl (C=O) groups excluding carboxylic acids is 1. The molecule has 0 radical (unpaired) electrons. The molecule has 188 valence electrons. The van der Waals surface area contributed by atoms with Gasteiger partial charge in [0.25, 0.3) is 0 Å². The lowest BCUT2D eigenvalue weighted by atomic mass is 9.90. The van der Waals surface area contributed by atoms with E-state index in [2.05, 4.69) is 23.7 Å². The van der Waals surface area contributed by atoms with Gasteiger partial charge in [0.2, 0.25) is 0 Å². The molecular weight excluding hydrogens is 448 g/mol. The van der Waals surface area contributed by atoms with Crippen LogP contribution in [-0.2, 0) is 20.8 Å². The van der Waals surface area contributed by atoms with Crippen LogP contribution in [0.15, 0.2) is 61.2 Å². The van der Waals surface area contributed by atoms with E-state index in [0.29, 0.717) is 18.8 Å². The minimum absolute atomic E-state index is 0.0119. The van der Waals surface area contributed by atoms with Gasteiger partial charge in [-0.1, -0.05) is 56.0 Å². The van der Waals surface area contributed by atoms with E-state index >= 15 is 0 Å². The van der Waals surface area contributed by atoms with Crippen molar-refractivity contribution in [1.29, 1.82) is 0 Å². The highest BCUT2D eigenvalue weighted by Gasteiger charge is 2.40. The first-order chi connectivity index (χ1) is 17.0. The van der Waals surface area contributed by atoms with Crippen LogP contribution in [0.25, 0.3) is 0 Å². The number of likely N-dealkylation sites (tertiary alicyclic amines) is 1. The van der Waals surface area contributed by atoms with Gasteiger partial charge in [-0.2, -0.15) is 0 Å². The number of nitrogens with zero attached hydrogens (tertiary/aromatic N) is 1. The molecule has 4 rings (SSSR count). The topological polar surface area (TPSA) is 100 Å². The molecule has 0 bridgehead atoms. The number of ether oxygens (including phenoxy) is 3. The molecule has 5 atom stereocenters. The Labute approximate surface area is 206 Å². The summed E-state index contributed by atoms with van der Waals surface area (Å²) in [4.78, 5) is 14.2. The Morgan fingerprint density at radius 1 is 1.23 bits per heavy atom. The van der Waals surface area contributed by atoms with Gasteiger partial charge in [0.05, 0.1) is 24.9 Å². The van der Waals surface area contributed by atoms with E-state index in [0.717, 1.165) is 29.7 Å². The molecule has 3 N–H and O–H groups in total. The van der Waals surface area contributed by atoms with E-state index in [9.17, 15) is 15.0 Å². The fourth-order valence-electron chi connectivity index (χ4n) is 4.61. The highest BCUT2D eigenvalue weighted by atomic mass is 16.7. The zero-order chi connectivity index (χ0) is 24.8. The lowest BCUT2D eigenvalue weighted by Gasteiger charge is -2.42. The highest BCUT2D eigenvalue weighted by molar-refractivity contribution is 5.84. The van der Waals surface area contributed by atoms with Gasteiger partial charge in [0, 0.05) is 36.8 Å². The molecule has 35 heavy (non-hydrogen) atoms. The second-order valence-corrected chi connectivity index (χ2v) is 9.16. The summed E-state index contributed by atoms with van der Waals surface area (Å²) in [5.74, 6) is 0.0548. The number of benzene rings is 2. The number of amides is 1. The molecular formula is C27H34N2O6. The third-order valence-electron chi connectivity index (χ3n) is 6.55. The molecule has 8 nitrogen and oxygen atoms in total. The van der Waals surface area contributed by atoms with Gasteiger partial charge in [-0.25, -0.2) is 4.79 Å². The number of aliphatic hydroxyl groups excluding tert-OH is 2. The third kappa shape index (κ3) is 6.48. The zero-order valence-electron chi connectivity index (χ0n) is 20.0. The third-order valence-corrected chi connectivity index (χ3v) is 6.55. The molecule has 0 saturated carbocycles. The first-order valence-corrected chi connectivity index (χ1v) is 12.0. The van der Waals surface area contributed by atoms with Crippen LogP contribution in [0.5, 0.6) is 0 Å². The average Bonchev–Trinajstić information content (AvgIpc) is 3.28. The van der Waals surface area contributed by atoms with E-state index in [1.54, 1.807) is 6.07 Å². The predicted molar refractivity (Wildman–Crippen MR) is 132 cm³/mol. The first-order valence-electron chi connectivity index (χ1n) is 12.0. The summed E-state index contributed by atoms with van der Waals surface area (Å²) in [6.07, 6.45) is 0.414. The number of aliphatic hydroxyl groups is 2. The van der Waals surface area contributed by atoms with Crippen molar-refractivity contribution in [2.75, 3.05) is 31.6 Å². The van der Waals surface area contributed by atoms with E-state index in [1.807, 2.05) is 42.5 Å². The molecule has 1 amide bonds. The van der Waals surface area contributed by atoms with E-state index in [4.69, 9.17) is 14.2 Å². The van der Waals surface area contributed by atoms with Crippen LogP contribution in [0.3, 0.4) is 0 Å². The Balaban J connectivity index is 1.56. The van der Waals surface area contributed by atoms with Crippen LogP contribution in [-0.4, -0.2) is 59.7 Å². The maximum absolute atomic E-state index is 12.0. The molecule has 2 heterocycles. The van der Waals surface area contributed by atoms with Gasteiger partial charge in [-0.15, -0.1) is 0 Å². The highest BCUT2D eigenvalue weighted by Crippen LogP contribution is 2.42. The molecule has 0 aliphatic carbocycles. The molecule has 0 aromatic heterocycles. The summed E-state index contributed by atoms with van der Waals surface area (Å²) < 4.78 is 17.9. The first kappa shape index (κ1) is 25.3. The Morgan fingerprint density at radius 2 is 2.03 bits per heavy atom. The summed E-state index contributed by atoms with van der Waals surface area (Å²) in [5, 5.41) is 22.1. The van der Waals surface area contributed by atoms with Gasteiger partial charge in [0.1, 0.15) is 6.61 Å². The molecule has 8 heteroatoms. The Kier molecular flexibility index (Phi) is 8.54. The smallest absolute Gasteiger partial charge is 0.411 e. The molecule has 2 aromatic carbocycles. The lowest BCUT2D eigenvalue weighted by Crippen LogP contribution is -2.44. The summed E-state index contributed by atoms with van der Waals surface area (Å²) >= 11 is 0. The monoisotopic (exact) mass is 482 g/mol. The SMILES string of the molecule is C=CCOC(=O)Nc1cccc(C2OC(CN3CCC(O)C3)C(C)C(c3ccc(CO)cc3)O2)c1. The molecule has 5 unspecified atom stereocenters. The van der Waals surface area contributed by atoms with Crippen molar-refractivity contribution in [2.24, 2.45) is 5.92 Å². The van der Waals surface area contributed by atoms with Gasteiger partial charge < -0.3 is 24.4 Å². The van der Waals surface area contributed by atoms with Gasteiger partial charge in [-0.05, 0) is 29.7 Å². The maximum Gasteiger partial charge on any atom is 0.411 e. The number of nitrogens with one attached hydrogen (secondary N) is 1. The molecule has 2 aliphatic heterocycles. The number of hydrogen-bond acceptors (Lipinski definition) is 7. The molecule has 2 aromatic rings. The van der Waals surface area contributed by atoms with E-state index < -0.39 is 12.4 Å². The van der Waals surface area contributed by atoms with Crippen LogP contribution in [0.2, 0.25) is 0 Å². The van der Waals surface area contributed by atoms with Crippen LogP contribution in [0.1, 0.15) is 42.4 Å². The van der Waals surface area contributed by atoms with Gasteiger partial charge >= 0.3 is 6.09 Å². The van der Waals surface area contributed by atoms with E-state index in [1.165, 1.54) is 6.08 Å². The Morgan fingerprint density at radius 3 is 2.71 bits per heavy atom. The van der Waals surface area contributed by atoms with Crippen molar-refractivity contribution in [1.82, 2.24) is 4.90 Å². The summed E-state index contributed by atoms with van der Waals surface area (Å²) in [6, 6.07) is 15.1. The minimum atomic E-state index is -0.641. The van der Waals surface area contributed by atoms with Crippen LogP contribution >= 0.6 is 0 Å². The lowest BCUT2D eigenvalue weighted by molar-refractivity contribution is -0.276. The van der Waals surface area contributed by atoms with Crippen LogP contribution in [0, 0.1) is 5.92 Å². The van der Waals surface area contributed by atoms with Crippen molar-refractivity contribution in [3.8, 4) is 0 Å². The second kappa shape index (κ2) is 11.8. The average molecular weight is 483 g/mol. The Hall–Kier alpha value is -2.75. The maximum atomic E-state index is 12.0.